The average Bonchev–Trinajstić information content (AvgIpc) is 2.62. The SMILES string of the molecule is COC(=O)Nc1ccc(OC(C)C(=O)Nc2ccc(C(F)(F)F)cc2)cc1. The smallest absolute Gasteiger partial charge is 0.416 e. The van der Waals surface area contributed by atoms with Gasteiger partial charge in [0.1, 0.15) is 5.75 Å². The number of anilines is 2. The minimum Gasteiger partial charge on any atom is -0.481 e. The number of benzene rings is 2. The van der Waals surface area contributed by atoms with Gasteiger partial charge in [-0.25, -0.2) is 4.79 Å². The Balaban J connectivity index is 1.92. The van der Waals surface area contributed by atoms with Gasteiger partial charge >= 0.3 is 12.3 Å². The van der Waals surface area contributed by atoms with Gasteiger partial charge in [-0.1, -0.05) is 0 Å². The molecule has 0 aliphatic heterocycles. The molecule has 0 heterocycles. The minimum atomic E-state index is -4.44. The molecule has 2 rings (SSSR count). The second kappa shape index (κ2) is 8.43. The summed E-state index contributed by atoms with van der Waals surface area (Å²) in [5, 5.41) is 4.95. The maximum Gasteiger partial charge on any atom is 0.416 e. The fourth-order valence-electron chi connectivity index (χ4n) is 2.03. The van der Waals surface area contributed by atoms with Crippen LogP contribution in [0.5, 0.6) is 5.75 Å². The normalized spacial score (nSPS) is 12.0. The zero-order valence-corrected chi connectivity index (χ0v) is 14.5. The Kier molecular flexibility index (Phi) is 6.27. The number of amides is 2. The molecule has 0 aliphatic carbocycles. The molecule has 0 saturated heterocycles. The highest BCUT2D eigenvalue weighted by Crippen LogP contribution is 2.29. The lowest BCUT2D eigenvalue weighted by Gasteiger charge is -2.15. The molecule has 6 nitrogen and oxygen atoms in total. The van der Waals surface area contributed by atoms with E-state index in [0.717, 1.165) is 12.1 Å². The standard InChI is InChI=1S/C18H17F3N2O4/c1-11(27-15-9-7-14(8-10-15)23-17(25)26-2)16(24)22-13-5-3-12(4-6-13)18(19,20)21/h3-11H,1-2H3,(H,22,24)(H,23,25). The van der Waals surface area contributed by atoms with Gasteiger partial charge in [0.2, 0.25) is 0 Å². The number of nitrogens with one attached hydrogen (secondary N) is 2. The number of alkyl halides is 3. The molecule has 2 N–H and O–H groups in total. The molecule has 27 heavy (non-hydrogen) atoms. The zero-order chi connectivity index (χ0) is 20.0. The topological polar surface area (TPSA) is 76.7 Å². The van der Waals surface area contributed by atoms with Gasteiger partial charge in [-0.3, -0.25) is 10.1 Å². The Morgan fingerprint density at radius 2 is 1.44 bits per heavy atom. The lowest BCUT2D eigenvalue weighted by Crippen LogP contribution is -2.30. The maximum absolute atomic E-state index is 12.5. The van der Waals surface area contributed by atoms with Crippen LogP contribution in [0.15, 0.2) is 48.5 Å². The second-order valence-electron chi connectivity index (χ2n) is 5.47. The first-order chi connectivity index (χ1) is 12.7. The van der Waals surface area contributed by atoms with Crippen molar-refractivity contribution in [2.45, 2.75) is 19.2 Å². The summed E-state index contributed by atoms with van der Waals surface area (Å²) in [6, 6.07) is 10.3. The molecule has 0 bridgehead atoms. The number of carbonyl (C=O) groups excluding carboxylic acids is 2. The van der Waals surface area contributed by atoms with Crippen LogP contribution in [-0.2, 0) is 15.7 Å². The summed E-state index contributed by atoms with van der Waals surface area (Å²) in [6.07, 6.45) is -5.95. The van der Waals surface area contributed by atoms with Crippen molar-refractivity contribution in [2.75, 3.05) is 17.7 Å². The van der Waals surface area contributed by atoms with Crippen LogP contribution in [0, 0.1) is 0 Å². The molecular weight excluding hydrogens is 365 g/mol. The number of halogens is 3. The minimum absolute atomic E-state index is 0.223. The molecule has 2 aromatic rings. The number of carbonyl (C=O) groups is 2. The van der Waals surface area contributed by atoms with Crippen molar-refractivity contribution in [3.8, 4) is 5.75 Å². The monoisotopic (exact) mass is 382 g/mol. The maximum atomic E-state index is 12.5. The molecule has 0 saturated carbocycles. The van der Waals surface area contributed by atoms with Crippen LogP contribution in [-0.4, -0.2) is 25.2 Å². The first-order valence-electron chi connectivity index (χ1n) is 7.79. The number of methoxy groups -OCH3 is 1. The van der Waals surface area contributed by atoms with Crippen molar-refractivity contribution in [2.24, 2.45) is 0 Å². The Morgan fingerprint density at radius 1 is 0.926 bits per heavy atom. The molecule has 2 amide bonds. The van der Waals surface area contributed by atoms with Crippen molar-refractivity contribution in [3.63, 3.8) is 0 Å². The Bertz CT molecular complexity index is 790. The third-order valence-electron chi connectivity index (χ3n) is 3.45. The molecule has 0 spiro atoms. The summed E-state index contributed by atoms with van der Waals surface area (Å²) in [6.45, 7) is 1.50. The van der Waals surface area contributed by atoms with Crippen LogP contribution in [0.1, 0.15) is 12.5 Å². The molecule has 2 aromatic carbocycles. The van der Waals surface area contributed by atoms with Gasteiger partial charge in [0, 0.05) is 11.4 Å². The molecule has 1 atom stereocenters. The van der Waals surface area contributed by atoms with Crippen LogP contribution >= 0.6 is 0 Å². The van der Waals surface area contributed by atoms with E-state index in [4.69, 9.17) is 4.74 Å². The highest BCUT2D eigenvalue weighted by molar-refractivity contribution is 5.94. The summed E-state index contributed by atoms with van der Waals surface area (Å²) in [5.74, 6) is -0.146. The number of ether oxygens (including phenoxy) is 2. The quantitative estimate of drug-likeness (QED) is 0.809. The third kappa shape index (κ3) is 5.91. The van der Waals surface area contributed by atoms with E-state index < -0.39 is 29.8 Å². The van der Waals surface area contributed by atoms with E-state index >= 15 is 0 Å². The number of hydrogen-bond acceptors (Lipinski definition) is 4. The largest absolute Gasteiger partial charge is 0.481 e. The second-order valence-corrected chi connectivity index (χ2v) is 5.47. The van der Waals surface area contributed by atoms with Crippen LogP contribution in [0.3, 0.4) is 0 Å². The Hall–Kier alpha value is -3.23. The van der Waals surface area contributed by atoms with Crippen molar-refractivity contribution >= 4 is 23.4 Å². The van der Waals surface area contributed by atoms with Gasteiger partial charge < -0.3 is 14.8 Å². The molecule has 144 valence electrons. The van der Waals surface area contributed by atoms with Crippen LogP contribution in [0.25, 0.3) is 0 Å². The Labute approximate surface area is 153 Å². The highest BCUT2D eigenvalue weighted by atomic mass is 19.4. The van der Waals surface area contributed by atoms with Gasteiger partial charge in [-0.15, -0.1) is 0 Å². The van der Waals surface area contributed by atoms with Crippen LogP contribution in [0.4, 0.5) is 29.3 Å². The van der Waals surface area contributed by atoms with Gasteiger partial charge in [0.05, 0.1) is 12.7 Å². The van der Waals surface area contributed by atoms with E-state index in [1.54, 1.807) is 24.3 Å². The lowest BCUT2D eigenvalue weighted by atomic mass is 10.2. The fraction of sp³-hybridized carbons (Fsp3) is 0.222. The number of rotatable bonds is 5. The predicted molar refractivity (Wildman–Crippen MR) is 92.6 cm³/mol. The van der Waals surface area contributed by atoms with Crippen molar-refractivity contribution < 1.29 is 32.2 Å². The van der Waals surface area contributed by atoms with Crippen molar-refractivity contribution in [1.29, 1.82) is 0 Å². The van der Waals surface area contributed by atoms with Gasteiger partial charge in [0.25, 0.3) is 5.91 Å². The van der Waals surface area contributed by atoms with E-state index in [2.05, 4.69) is 15.4 Å². The summed E-state index contributed by atoms with van der Waals surface area (Å²) in [5.41, 5.74) is -0.0948. The van der Waals surface area contributed by atoms with Crippen LogP contribution < -0.4 is 15.4 Å². The summed E-state index contributed by atoms with van der Waals surface area (Å²) < 4.78 is 47.5. The van der Waals surface area contributed by atoms with Gasteiger partial charge in [0.15, 0.2) is 6.10 Å². The van der Waals surface area contributed by atoms with Gasteiger partial charge in [-0.2, -0.15) is 13.2 Å². The molecule has 1 unspecified atom stereocenters. The fourth-order valence-corrected chi connectivity index (χ4v) is 2.03. The average molecular weight is 382 g/mol. The summed E-state index contributed by atoms with van der Waals surface area (Å²) in [4.78, 5) is 23.2. The van der Waals surface area contributed by atoms with E-state index in [1.165, 1.54) is 26.2 Å². The van der Waals surface area contributed by atoms with Crippen molar-refractivity contribution in [1.82, 2.24) is 0 Å². The van der Waals surface area contributed by atoms with E-state index in [1.807, 2.05) is 0 Å². The first kappa shape index (κ1) is 20.1. The summed E-state index contributed by atoms with van der Waals surface area (Å²) in [7, 11) is 1.24. The molecule has 0 radical (unpaired) electrons. The highest BCUT2D eigenvalue weighted by Gasteiger charge is 2.30. The number of hydrogen-bond donors (Lipinski definition) is 2. The first-order valence-corrected chi connectivity index (χ1v) is 7.79. The van der Waals surface area contributed by atoms with Crippen LogP contribution in [0.2, 0.25) is 0 Å². The lowest BCUT2D eigenvalue weighted by molar-refractivity contribution is -0.137. The van der Waals surface area contributed by atoms with E-state index in [-0.39, 0.29) is 5.69 Å². The Morgan fingerprint density at radius 3 is 1.96 bits per heavy atom. The third-order valence-corrected chi connectivity index (χ3v) is 3.45. The van der Waals surface area contributed by atoms with E-state index in [9.17, 15) is 22.8 Å². The van der Waals surface area contributed by atoms with Gasteiger partial charge in [-0.05, 0) is 55.5 Å². The molecule has 0 aliphatic rings. The predicted octanol–water partition coefficient (Wildman–Crippen LogP) is 4.29. The zero-order valence-electron chi connectivity index (χ0n) is 14.5. The van der Waals surface area contributed by atoms with E-state index in [0.29, 0.717) is 11.4 Å². The van der Waals surface area contributed by atoms with Crippen molar-refractivity contribution in [3.05, 3.63) is 54.1 Å². The summed E-state index contributed by atoms with van der Waals surface area (Å²) >= 11 is 0. The molecular formula is C18H17F3N2O4. The molecule has 0 aromatic heterocycles. The molecule has 0 fully saturated rings. The molecule has 9 heteroatoms.